The highest BCUT2D eigenvalue weighted by molar-refractivity contribution is 7.88. The van der Waals surface area contributed by atoms with Crippen molar-refractivity contribution in [2.75, 3.05) is 0 Å². The fourth-order valence-corrected chi connectivity index (χ4v) is 13.5. The van der Waals surface area contributed by atoms with Gasteiger partial charge < -0.3 is 50.6 Å². The first kappa shape index (κ1) is 127. The molecule has 7 aromatic carbocycles. The lowest BCUT2D eigenvalue weighted by molar-refractivity contribution is -0.142. The molecule has 0 unspecified atom stereocenters. The number of benzene rings is 7. The van der Waals surface area contributed by atoms with Gasteiger partial charge in [0.1, 0.15) is 44.3 Å². The highest BCUT2D eigenvalue weighted by Gasteiger charge is 2.52. The number of terminal acetylenes is 2. The van der Waals surface area contributed by atoms with Crippen molar-refractivity contribution in [2.45, 2.75) is 319 Å². The Bertz CT molecular complexity index is 5750. The molecule has 0 spiro atoms. The van der Waals surface area contributed by atoms with E-state index in [-0.39, 0.29) is 100 Å². The Balaban J connectivity index is 0.000000824. The van der Waals surface area contributed by atoms with Crippen LogP contribution in [-0.4, -0.2) is 103 Å². The van der Waals surface area contributed by atoms with Gasteiger partial charge >= 0.3 is 74.4 Å². The average Bonchev–Trinajstić information content (AvgIpc) is 1.70. The van der Waals surface area contributed by atoms with Crippen molar-refractivity contribution in [1.29, 1.82) is 0 Å². The molecule has 38 heteroatoms. The normalized spacial score (nSPS) is 13.8. The van der Waals surface area contributed by atoms with Gasteiger partial charge in [-0.05, 0) is 259 Å². The highest BCUT2D eigenvalue weighted by Crippen LogP contribution is 2.44. The van der Waals surface area contributed by atoms with E-state index in [2.05, 4.69) is 132 Å². The molecule has 3 fully saturated rings. The molecule has 0 heterocycles. The minimum Gasteiger partial charge on any atom is -0.494 e. The van der Waals surface area contributed by atoms with Crippen LogP contribution in [0.25, 0.3) is 0 Å². The van der Waals surface area contributed by atoms with Gasteiger partial charge in [0, 0.05) is 23.6 Å². The van der Waals surface area contributed by atoms with Gasteiger partial charge in [-0.2, -0.15) is 86.4 Å². The number of carbonyl (C=O) groups excluding carboxylic acids is 1. The molecule has 21 nitrogen and oxygen atoms in total. The van der Waals surface area contributed by atoms with E-state index in [0.29, 0.717) is 70.8 Å². The molecular formula is C101H132F12O21S4Si. The topological polar surface area (TPSA) is 294 Å². The first-order chi connectivity index (χ1) is 62.3. The van der Waals surface area contributed by atoms with Gasteiger partial charge in [0.2, 0.25) is 0 Å². The van der Waals surface area contributed by atoms with Crippen LogP contribution >= 0.6 is 0 Å². The van der Waals surface area contributed by atoms with E-state index in [9.17, 15) is 95.9 Å². The summed E-state index contributed by atoms with van der Waals surface area (Å²) in [7, 11) is -23.8. The number of carboxylic acids is 1. The Hall–Kier alpha value is -10.1. The van der Waals surface area contributed by atoms with Crippen molar-refractivity contribution in [3.05, 3.63) is 235 Å². The van der Waals surface area contributed by atoms with E-state index in [4.69, 9.17) is 46.7 Å². The molecule has 7 aromatic rings. The molecule has 0 saturated heterocycles. The molecule has 0 radical (unpaired) electrons. The first-order valence-electron chi connectivity index (χ1n) is 42.9. The zero-order valence-corrected chi connectivity index (χ0v) is 83.8. The van der Waals surface area contributed by atoms with E-state index < -0.39 is 94.0 Å². The summed E-state index contributed by atoms with van der Waals surface area (Å²) >= 11 is 0. The fraction of sp³-hybridized carbons (Fsp3) is 0.485. The molecule has 0 amide bonds. The van der Waals surface area contributed by atoms with Crippen molar-refractivity contribution in [3.63, 3.8) is 0 Å². The first-order valence-corrected chi connectivity index (χ1v) is 52.0. The number of hydrogen-bond donors (Lipinski definition) is 2. The number of carbonyl (C=O) groups is 2. The molecule has 2 N–H and O–H groups in total. The number of halogens is 12. The second-order valence-electron chi connectivity index (χ2n) is 35.8. The summed E-state index contributed by atoms with van der Waals surface area (Å²) in [6.07, 6.45) is 17.2. The molecule has 3 aliphatic rings. The van der Waals surface area contributed by atoms with Crippen LogP contribution in [0.15, 0.2) is 146 Å². The number of ether oxygens (including phenoxy) is 5. The Morgan fingerprint density at radius 2 is 0.633 bits per heavy atom. The van der Waals surface area contributed by atoms with Gasteiger partial charge in [-0.3, -0.25) is 9.59 Å². The van der Waals surface area contributed by atoms with Crippen LogP contribution in [0.4, 0.5) is 52.7 Å². The number of hydrogen-bond acceptors (Lipinski definition) is 20. The lowest BCUT2D eigenvalue weighted by Gasteiger charge is -2.17. The third kappa shape index (κ3) is 43.1. The number of carboxylic acid groups (broad SMARTS) is 1. The summed E-state index contributed by atoms with van der Waals surface area (Å²) in [4.78, 5) is 21.6. The van der Waals surface area contributed by atoms with Crippen LogP contribution in [0.3, 0.4) is 0 Å². The van der Waals surface area contributed by atoms with Crippen LogP contribution in [0.5, 0.6) is 23.0 Å². The van der Waals surface area contributed by atoms with Gasteiger partial charge in [-0.15, -0.1) is 18.4 Å². The van der Waals surface area contributed by atoms with Crippen molar-refractivity contribution in [1.82, 2.24) is 0 Å². The van der Waals surface area contributed by atoms with Crippen molar-refractivity contribution in [2.24, 2.45) is 0 Å². The molecule has 0 atom stereocenters. The van der Waals surface area contributed by atoms with Crippen LogP contribution in [0.2, 0.25) is 19.6 Å². The molecule has 3 aliphatic carbocycles. The maximum atomic E-state index is 12.4. The minimum atomic E-state index is -5.72. The zero-order valence-electron chi connectivity index (χ0n) is 79.5. The van der Waals surface area contributed by atoms with Gasteiger partial charge in [0.05, 0.1) is 55.4 Å². The van der Waals surface area contributed by atoms with Gasteiger partial charge in [0.25, 0.3) is 0 Å². The highest BCUT2D eigenvalue weighted by atomic mass is 32.2. The number of aliphatic carboxylic acids is 1. The quantitative estimate of drug-likeness (QED) is 0.00776. The largest absolute Gasteiger partial charge is 0.534 e. The maximum Gasteiger partial charge on any atom is 0.534 e. The molecule has 0 bridgehead atoms. The van der Waals surface area contributed by atoms with Crippen LogP contribution in [-0.2, 0) is 120 Å². The molecule has 139 heavy (non-hydrogen) atoms. The number of esters is 1. The van der Waals surface area contributed by atoms with E-state index >= 15 is 0 Å². The molecule has 10 rings (SSSR count). The second-order valence-corrected chi connectivity index (χ2v) is 46.8. The van der Waals surface area contributed by atoms with Gasteiger partial charge in [-0.25, -0.2) is 0 Å². The van der Waals surface area contributed by atoms with Gasteiger partial charge in [-0.1, -0.05) is 198 Å². The fourth-order valence-electron chi connectivity index (χ4n) is 11.7. The summed E-state index contributed by atoms with van der Waals surface area (Å²) < 4.78 is 280. The summed E-state index contributed by atoms with van der Waals surface area (Å²) in [5.41, 5.74) is -5.38. The average molecular weight is 2070 g/mol. The summed E-state index contributed by atoms with van der Waals surface area (Å²) in [6.45, 7) is 44.0. The molecular weight excluding hydrogens is 1930 g/mol. The number of allylic oxidation sites excluding steroid dienone is 1. The zero-order chi connectivity index (χ0) is 104. The minimum absolute atomic E-state index is 0. The monoisotopic (exact) mass is 2060 g/mol. The smallest absolute Gasteiger partial charge is 0.494 e. The summed E-state index contributed by atoms with van der Waals surface area (Å²) in [5.74, 6) is 7.20. The number of alkyl halides is 12. The predicted molar refractivity (Wildman–Crippen MR) is 518 cm³/mol. The molecule has 0 aliphatic heterocycles. The predicted octanol–water partition coefficient (Wildman–Crippen LogP) is 26.0. The van der Waals surface area contributed by atoms with E-state index in [1.54, 1.807) is 40.7 Å². The number of rotatable bonds is 31. The van der Waals surface area contributed by atoms with Crippen molar-refractivity contribution < 1.29 is 147 Å². The molecule has 774 valence electrons. The van der Waals surface area contributed by atoms with Crippen LogP contribution < -0.4 is 16.7 Å². The second kappa shape index (κ2) is 53.1. The third-order valence-electron chi connectivity index (χ3n) is 20.4. The molecule has 0 aromatic heterocycles. The Morgan fingerprint density at radius 1 is 0.396 bits per heavy atom. The molecule has 3 saturated carbocycles. The standard InChI is InChI=1S/C24H26O3.C16H20O.C15H19F3O4S.C14H17F3O4S.C13H15F3O5S.C11H13F3O4S.C5H10Si.3CH4/c1-17(2)22-14-19(10-11-21(22)16-27-24(3)12-13-24)7-4-18-5-8-20(9-6-18)15-23(25)26;1-5-13-6-7-14(15(10-13)12(2)3)11-17-16(4)8-9-16;1-10(2)13-8-12(22-23(19,20)15(16,17)18)5-4-11(13)9-21-14(3)6-7-14;1-9(2)13-7-12(21-22(18,19)14(15,16)17)6-5-11(13)8-20-10(3)4;1-8(2)12-6-11(21-22(18,19)13(14,15)16)5-4-10(12)7-20-9(3)17;1-7(2)10-5-9(4-3-8(10)6-15)18-19(16,17)11(12,13)14;1-5-6(2,3)4;;;/h5-6,8-11,14,17H,12-13,15-16H2,1-3H3,(H,25,26);1,6-7,10,12H,8-9,11H2,2-4H3;4-5,8,10H,6-7,9H2,1-3H3;5-7,9H,3,8H2,1-2,4H3;4-6,8H,7H2,1-3H3;3-5,7,15H,6H2,1-2H3;1H,2-4H3;3*1H4. The third-order valence-corrected chi connectivity index (χ3v) is 25.2. The summed E-state index contributed by atoms with van der Waals surface area (Å²) in [5, 5.41) is 17.9. The Morgan fingerprint density at radius 3 is 0.878 bits per heavy atom. The Kier molecular flexibility index (Phi) is 48.5. The van der Waals surface area contributed by atoms with E-state index in [1.165, 1.54) is 90.6 Å². The van der Waals surface area contributed by atoms with E-state index in [0.717, 1.165) is 77.3 Å². The van der Waals surface area contributed by atoms with Crippen molar-refractivity contribution >= 4 is 60.5 Å². The Labute approximate surface area is 814 Å². The number of aliphatic hydroxyl groups excluding tert-OH is 1. The maximum absolute atomic E-state index is 12.4. The van der Waals surface area contributed by atoms with E-state index in [1.807, 2.05) is 71.0 Å². The lowest BCUT2D eigenvalue weighted by Crippen LogP contribution is -2.28. The van der Waals surface area contributed by atoms with Crippen molar-refractivity contribution in [3.8, 4) is 59.1 Å². The lowest BCUT2D eigenvalue weighted by atomic mass is 9.95. The number of aliphatic hydroxyl groups is 1. The van der Waals surface area contributed by atoms with Gasteiger partial charge in [0.15, 0.2) is 0 Å². The van der Waals surface area contributed by atoms with Crippen LogP contribution in [0.1, 0.15) is 303 Å². The summed E-state index contributed by atoms with van der Waals surface area (Å²) in [6, 6.07) is 35.1. The van der Waals surface area contributed by atoms with Crippen LogP contribution in [0, 0.1) is 36.2 Å². The SMILES string of the molecule is C.C.C.C#C[Si](C)(C)C.C#Cc1ccc(COC2(C)CC2)c(C(C)C)c1.C=C(C)OCc1ccc(OS(=O)(=O)C(F)(F)F)cc1C(C)C.CC(=O)OCc1ccc(OS(=O)(=O)C(F)(F)F)cc1C(C)C.CC(C)c1cc(C#Cc2ccc(CC(=O)O)cc2)ccc1COC1(C)CC1.CC(C)c1cc(OS(=O)(=O)C(F)(F)F)ccc1CO.CC(C)c1cc(OS(=O)(=O)C(F)(F)F)ccc1COC1(C)CC1.